The maximum Gasteiger partial charge on any atom is 0.326 e. The summed E-state index contributed by atoms with van der Waals surface area (Å²) in [5.74, 6) is -4.50. The first-order valence-corrected chi connectivity index (χ1v) is 10.0. The molecule has 6 unspecified atom stereocenters. The molecule has 4 amide bonds. The summed E-state index contributed by atoms with van der Waals surface area (Å²) in [5, 5.41) is 16.3. The number of aliphatic carboxylic acids is 1. The van der Waals surface area contributed by atoms with E-state index in [1.165, 1.54) is 6.92 Å². The van der Waals surface area contributed by atoms with E-state index in [0.29, 0.717) is 12.8 Å². The number of amides is 4. The van der Waals surface area contributed by atoms with Crippen LogP contribution < -0.4 is 27.4 Å². The van der Waals surface area contributed by atoms with Crippen LogP contribution in [0.2, 0.25) is 0 Å². The highest BCUT2D eigenvalue weighted by Gasteiger charge is 2.32. The average Bonchev–Trinajstić information content (AvgIpc) is 2.68. The lowest BCUT2D eigenvalue weighted by atomic mass is 9.95. The molecule has 0 saturated carbocycles. The maximum atomic E-state index is 12.7. The molecule has 0 rings (SSSR count). The number of carbonyl (C=O) groups is 5. The lowest BCUT2D eigenvalue weighted by Gasteiger charge is -2.27. The van der Waals surface area contributed by atoms with Crippen LogP contribution in [-0.2, 0) is 24.0 Å². The van der Waals surface area contributed by atoms with Gasteiger partial charge in [-0.15, -0.1) is 0 Å². The van der Waals surface area contributed by atoms with Gasteiger partial charge in [-0.3, -0.25) is 19.2 Å². The van der Waals surface area contributed by atoms with Crippen LogP contribution in [0, 0.1) is 11.8 Å². The fourth-order valence-electron chi connectivity index (χ4n) is 2.53. The van der Waals surface area contributed by atoms with E-state index < -0.39 is 60.2 Å². The Morgan fingerprint density at radius 1 is 0.833 bits per heavy atom. The second-order valence-corrected chi connectivity index (χ2v) is 7.58. The Kier molecular flexibility index (Phi) is 11.6. The predicted octanol–water partition coefficient (Wildman–Crippen LogP) is -1.16. The second-order valence-electron chi connectivity index (χ2n) is 7.58. The molecule has 0 fully saturated rings. The van der Waals surface area contributed by atoms with Gasteiger partial charge in [0.1, 0.15) is 18.1 Å². The molecule has 11 nitrogen and oxygen atoms in total. The van der Waals surface area contributed by atoms with Crippen molar-refractivity contribution in [1.82, 2.24) is 16.0 Å². The van der Waals surface area contributed by atoms with E-state index >= 15 is 0 Å². The first-order chi connectivity index (χ1) is 13.8. The van der Waals surface area contributed by atoms with Crippen molar-refractivity contribution in [3.05, 3.63) is 0 Å². The van der Waals surface area contributed by atoms with Gasteiger partial charge in [-0.2, -0.15) is 0 Å². The Bertz CT molecular complexity index is 641. The van der Waals surface area contributed by atoms with E-state index in [1.807, 2.05) is 20.8 Å². The Balaban J connectivity index is 5.17. The molecule has 0 aromatic carbocycles. The second kappa shape index (κ2) is 12.8. The predicted molar refractivity (Wildman–Crippen MR) is 110 cm³/mol. The minimum Gasteiger partial charge on any atom is -0.480 e. The maximum absolute atomic E-state index is 12.7. The fourth-order valence-corrected chi connectivity index (χ4v) is 2.53. The summed E-state index contributed by atoms with van der Waals surface area (Å²) in [6.07, 6.45) is 0.694. The smallest absolute Gasteiger partial charge is 0.326 e. The highest BCUT2D eigenvalue weighted by Crippen LogP contribution is 2.11. The van der Waals surface area contributed by atoms with Crippen molar-refractivity contribution in [2.45, 2.75) is 78.0 Å². The number of rotatable bonds is 13. The van der Waals surface area contributed by atoms with E-state index in [9.17, 15) is 24.0 Å². The van der Waals surface area contributed by atoms with E-state index in [2.05, 4.69) is 16.0 Å². The van der Waals surface area contributed by atoms with Gasteiger partial charge in [0.2, 0.25) is 23.6 Å². The molecule has 172 valence electrons. The average molecular weight is 430 g/mol. The van der Waals surface area contributed by atoms with Gasteiger partial charge in [0.25, 0.3) is 0 Å². The standard InChI is InChI=1S/C19H35N5O6/c1-6-9(3)14(21)17(27)24-15(10(4)7-2)18(28)22-11(5)16(26)23-12(19(29)30)8-13(20)25/h9-12,14-15H,6-8,21H2,1-5H3,(H2,20,25)(H,22,28)(H,23,26)(H,24,27)(H,29,30). The molecule has 0 heterocycles. The van der Waals surface area contributed by atoms with E-state index in [0.717, 1.165) is 0 Å². The van der Waals surface area contributed by atoms with Gasteiger partial charge in [0.15, 0.2) is 0 Å². The molecular weight excluding hydrogens is 394 g/mol. The van der Waals surface area contributed by atoms with Crippen molar-refractivity contribution in [2.75, 3.05) is 0 Å². The number of carboxylic acids is 1. The third-order valence-corrected chi connectivity index (χ3v) is 5.12. The van der Waals surface area contributed by atoms with Gasteiger partial charge in [-0.25, -0.2) is 4.79 Å². The summed E-state index contributed by atoms with van der Waals surface area (Å²) < 4.78 is 0. The van der Waals surface area contributed by atoms with E-state index in [1.54, 1.807) is 6.92 Å². The molecule has 0 saturated heterocycles. The van der Waals surface area contributed by atoms with Crippen molar-refractivity contribution in [1.29, 1.82) is 0 Å². The SMILES string of the molecule is CCC(C)C(N)C(=O)NC(C(=O)NC(C)C(=O)NC(CC(N)=O)C(=O)O)C(C)CC. The van der Waals surface area contributed by atoms with Gasteiger partial charge < -0.3 is 32.5 Å². The van der Waals surface area contributed by atoms with Crippen molar-refractivity contribution in [3.63, 3.8) is 0 Å². The summed E-state index contributed by atoms with van der Waals surface area (Å²) >= 11 is 0. The van der Waals surface area contributed by atoms with Crippen LogP contribution in [-0.4, -0.2) is 58.9 Å². The number of nitrogens with one attached hydrogen (secondary N) is 3. The van der Waals surface area contributed by atoms with Crippen molar-refractivity contribution in [2.24, 2.45) is 23.3 Å². The topological polar surface area (TPSA) is 194 Å². The molecule has 6 atom stereocenters. The quantitative estimate of drug-likeness (QED) is 0.212. The fraction of sp³-hybridized carbons (Fsp3) is 0.737. The minimum absolute atomic E-state index is 0.0754. The first-order valence-electron chi connectivity index (χ1n) is 10.0. The number of nitrogens with two attached hydrogens (primary N) is 2. The summed E-state index contributed by atoms with van der Waals surface area (Å²) in [7, 11) is 0. The monoisotopic (exact) mass is 429 g/mol. The largest absolute Gasteiger partial charge is 0.480 e. The normalized spacial score (nSPS) is 16.9. The molecule has 11 heteroatoms. The Labute approximate surface area is 176 Å². The van der Waals surface area contributed by atoms with Crippen LogP contribution in [0.1, 0.15) is 53.9 Å². The van der Waals surface area contributed by atoms with Crippen LogP contribution >= 0.6 is 0 Å². The van der Waals surface area contributed by atoms with Crippen LogP contribution in [0.3, 0.4) is 0 Å². The summed E-state index contributed by atoms with van der Waals surface area (Å²) in [6, 6.07) is -4.32. The van der Waals surface area contributed by atoms with E-state index in [4.69, 9.17) is 16.6 Å². The van der Waals surface area contributed by atoms with Gasteiger partial charge in [0.05, 0.1) is 12.5 Å². The number of primary amides is 1. The zero-order valence-corrected chi connectivity index (χ0v) is 18.2. The zero-order valence-electron chi connectivity index (χ0n) is 18.2. The number of hydrogen-bond donors (Lipinski definition) is 6. The van der Waals surface area contributed by atoms with Crippen LogP contribution in [0.25, 0.3) is 0 Å². The third kappa shape index (κ3) is 8.76. The lowest BCUT2D eigenvalue weighted by Crippen LogP contribution is -2.58. The Hall–Kier alpha value is -2.69. The van der Waals surface area contributed by atoms with Crippen molar-refractivity contribution in [3.8, 4) is 0 Å². The third-order valence-electron chi connectivity index (χ3n) is 5.12. The Morgan fingerprint density at radius 3 is 1.80 bits per heavy atom. The van der Waals surface area contributed by atoms with Crippen molar-refractivity contribution < 1.29 is 29.1 Å². The molecule has 0 radical (unpaired) electrons. The number of hydrogen-bond acceptors (Lipinski definition) is 6. The molecule has 0 spiro atoms. The highest BCUT2D eigenvalue weighted by atomic mass is 16.4. The molecular formula is C19H35N5O6. The summed E-state index contributed by atoms with van der Waals surface area (Å²) in [6.45, 7) is 8.72. The molecule has 0 aliphatic carbocycles. The lowest BCUT2D eigenvalue weighted by molar-refractivity contribution is -0.143. The van der Waals surface area contributed by atoms with Crippen molar-refractivity contribution >= 4 is 29.6 Å². The highest BCUT2D eigenvalue weighted by molar-refractivity contribution is 5.94. The first kappa shape index (κ1) is 27.3. The summed E-state index contributed by atoms with van der Waals surface area (Å²) in [4.78, 5) is 59.5. The molecule has 0 aliphatic heterocycles. The number of carbonyl (C=O) groups excluding carboxylic acids is 4. The van der Waals surface area contributed by atoms with Crippen LogP contribution in [0.5, 0.6) is 0 Å². The zero-order chi connectivity index (χ0) is 23.6. The van der Waals surface area contributed by atoms with Crippen LogP contribution in [0.15, 0.2) is 0 Å². The molecule has 0 aromatic rings. The minimum atomic E-state index is -1.51. The molecule has 0 aliphatic rings. The molecule has 0 aromatic heterocycles. The van der Waals surface area contributed by atoms with Gasteiger partial charge in [-0.1, -0.05) is 40.5 Å². The number of carboxylic acid groups (broad SMARTS) is 1. The molecule has 0 bridgehead atoms. The van der Waals surface area contributed by atoms with Gasteiger partial charge in [-0.05, 0) is 18.8 Å². The Morgan fingerprint density at radius 2 is 1.37 bits per heavy atom. The molecule has 8 N–H and O–H groups in total. The van der Waals surface area contributed by atoms with E-state index in [-0.39, 0.29) is 11.8 Å². The molecule has 30 heavy (non-hydrogen) atoms. The van der Waals surface area contributed by atoms with Gasteiger partial charge in [0, 0.05) is 0 Å². The van der Waals surface area contributed by atoms with Crippen LogP contribution in [0.4, 0.5) is 0 Å². The summed E-state index contributed by atoms with van der Waals surface area (Å²) in [5.41, 5.74) is 10.9. The van der Waals surface area contributed by atoms with Gasteiger partial charge >= 0.3 is 5.97 Å².